The van der Waals surface area contributed by atoms with Crippen LogP contribution in [-0.2, 0) is 0 Å². The van der Waals surface area contributed by atoms with Crippen LogP contribution in [0.25, 0.3) is 0 Å². The molecule has 5 heteroatoms. The highest BCUT2D eigenvalue weighted by molar-refractivity contribution is 5.29. The molecule has 0 aliphatic heterocycles. The molecule has 1 aliphatic carbocycles. The van der Waals surface area contributed by atoms with Gasteiger partial charge in [-0.3, -0.25) is 0 Å². The number of methoxy groups -OCH3 is 1. The summed E-state index contributed by atoms with van der Waals surface area (Å²) >= 11 is 0. The standard InChI is InChI=1S/C10H15N3O2/c1-14-8-6-9(13-10(11)12-8)15-5-4-7-2-3-7/h6-7H,2-5H2,1H3,(H2,11,12,13). The van der Waals surface area contributed by atoms with E-state index in [4.69, 9.17) is 15.2 Å². The van der Waals surface area contributed by atoms with Crippen molar-refractivity contribution in [3.8, 4) is 11.8 Å². The third-order valence-corrected chi connectivity index (χ3v) is 2.38. The van der Waals surface area contributed by atoms with Gasteiger partial charge in [-0.15, -0.1) is 0 Å². The van der Waals surface area contributed by atoms with E-state index in [1.54, 1.807) is 6.07 Å². The van der Waals surface area contributed by atoms with Crippen molar-refractivity contribution in [3.05, 3.63) is 6.07 Å². The molecule has 1 aromatic heterocycles. The van der Waals surface area contributed by atoms with Gasteiger partial charge >= 0.3 is 0 Å². The monoisotopic (exact) mass is 209 g/mol. The summed E-state index contributed by atoms with van der Waals surface area (Å²) in [6.07, 6.45) is 3.75. The zero-order chi connectivity index (χ0) is 10.7. The molecule has 0 bridgehead atoms. The van der Waals surface area contributed by atoms with Crippen LogP contribution in [0.1, 0.15) is 19.3 Å². The maximum atomic E-state index is 5.50. The molecule has 1 saturated carbocycles. The van der Waals surface area contributed by atoms with E-state index in [1.807, 2.05) is 0 Å². The minimum Gasteiger partial charge on any atom is -0.481 e. The second-order valence-corrected chi connectivity index (χ2v) is 3.69. The fourth-order valence-corrected chi connectivity index (χ4v) is 1.34. The molecule has 2 rings (SSSR count). The zero-order valence-corrected chi connectivity index (χ0v) is 8.77. The van der Waals surface area contributed by atoms with Gasteiger partial charge in [0.15, 0.2) is 0 Å². The van der Waals surface area contributed by atoms with Gasteiger partial charge in [0.2, 0.25) is 17.7 Å². The number of nitrogens with zero attached hydrogens (tertiary/aromatic N) is 2. The molecule has 82 valence electrons. The van der Waals surface area contributed by atoms with Crippen molar-refractivity contribution in [2.75, 3.05) is 19.5 Å². The van der Waals surface area contributed by atoms with Crippen LogP contribution in [0.3, 0.4) is 0 Å². The van der Waals surface area contributed by atoms with Crippen LogP contribution in [0.5, 0.6) is 11.8 Å². The Morgan fingerprint density at radius 3 is 2.80 bits per heavy atom. The van der Waals surface area contributed by atoms with Crippen molar-refractivity contribution in [1.82, 2.24) is 9.97 Å². The van der Waals surface area contributed by atoms with E-state index in [1.165, 1.54) is 20.0 Å². The lowest BCUT2D eigenvalue weighted by Gasteiger charge is -2.06. The van der Waals surface area contributed by atoms with E-state index in [0.717, 1.165) is 12.3 Å². The van der Waals surface area contributed by atoms with E-state index in [9.17, 15) is 0 Å². The molecule has 1 fully saturated rings. The minimum absolute atomic E-state index is 0.177. The number of nitrogen functional groups attached to an aromatic ring is 1. The van der Waals surface area contributed by atoms with Crippen LogP contribution in [-0.4, -0.2) is 23.7 Å². The number of anilines is 1. The zero-order valence-electron chi connectivity index (χ0n) is 8.77. The van der Waals surface area contributed by atoms with Gasteiger partial charge in [0, 0.05) is 0 Å². The Kier molecular flexibility index (Phi) is 2.89. The van der Waals surface area contributed by atoms with E-state index in [2.05, 4.69) is 9.97 Å². The fourth-order valence-electron chi connectivity index (χ4n) is 1.34. The Bertz CT molecular complexity index is 339. The topological polar surface area (TPSA) is 70.3 Å². The third-order valence-electron chi connectivity index (χ3n) is 2.38. The third kappa shape index (κ3) is 2.97. The summed E-state index contributed by atoms with van der Waals surface area (Å²) in [7, 11) is 1.54. The lowest BCUT2D eigenvalue weighted by atomic mass is 10.3. The van der Waals surface area contributed by atoms with Crippen molar-refractivity contribution in [2.45, 2.75) is 19.3 Å². The molecule has 0 saturated heterocycles. The molecule has 0 aromatic carbocycles. The Balaban J connectivity index is 1.90. The Hall–Kier alpha value is -1.52. The van der Waals surface area contributed by atoms with Gasteiger partial charge in [-0.1, -0.05) is 12.8 Å². The maximum absolute atomic E-state index is 5.50. The van der Waals surface area contributed by atoms with Crippen molar-refractivity contribution in [2.24, 2.45) is 5.92 Å². The minimum atomic E-state index is 0.177. The molecular formula is C10H15N3O2. The van der Waals surface area contributed by atoms with Crippen LogP contribution < -0.4 is 15.2 Å². The molecule has 0 radical (unpaired) electrons. The molecule has 2 N–H and O–H groups in total. The number of ether oxygens (including phenoxy) is 2. The van der Waals surface area contributed by atoms with E-state index < -0.39 is 0 Å². The summed E-state index contributed by atoms with van der Waals surface area (Å²) in [5.74, 6) is 1.95. The first-order valence-corrected chi connectivity index (χ1v) is 5.09. The molecule has 0 atom stereocenters. The average Bonchev–Trinajstić information content (AvgIpc) is 3.01. The summed E-state index contributed by atoms with van der Waals surface area (Å²) in [4.78, 5) is 7.84. The predicted molar refractivity (Wildman–Crippen MR) is 55.8 cm³/mol. The van der Waals surface area contributed by atoms with Gasteiger partial charge in [-0.05, 0) is 12.3 Å². The molecule has 15 heavy (non-hydrogen) atoms. The van der Waals surface area contributed by atoms with Crippen molar-refractivity contribution in [3.63, 3.8) is 0 Å². The second-order valence-electron chi connectivity index (χ2n) is 3.69. The molecule has 1 heterocycles. The summed E-state index contributed by atoms with van der Waals surface area (Å²) < 4.78 is 10.4. The Morgan fingerprint density at radius 2 is 2.13 bits per heavy atom. The summed E-state index contributed by atoms with van der Waals surface area (Å²) in [6.45, 7) is 0.685. The van der Waals surface area contributed by atoms with Gasteiger partial charge in [-0.2, -0.15) is 9.97 Å². The van der Waals surface area contributed by atoms with Gasteiger partial charge in [-0.25, -0.2) is 0 Å². The smallest absolute Gasteiger partial charge is 0.226 e. The highest BCUT2D eigenvalue weighted by Gasteiger charge is 2.20. The first kappa shape index (κ1) is 10.0. The van der Waals surface area contributed by atoms with Crippen molar-refractivity contribution < 1.29 is 9.47 Å². The van der Waals surface area contributed by atoms with Gasteiger partial charge in [0.1, 0.15) is 0 Å². The molecule has 5 nitrogen and oxygen atoms in total. The Morgan fingerprint density at radius 1 is 1.40 bits per heavy atom. The number of hydrogen-bond donors (Lipinski definition) is 1. The van der Waals surface area contributed by atoms with Gasteiger partial charge in [0.05, 0.1) is 19.8 Å². The molecule has 1 aliphatic rings. The highest BCUT2D eigenvalue weighted by atomic mass is 16.5. The van der Waals surface area contributed by atoms with E-state index in [0.29, 0.717) is 18.4 Å². The molecule has 0 amide bonds. The number of aromatic nitrogens is 2. The maximum Gasteiger partial charge on any atom is 0.226 e. The van der Waals surface area contributed by atoms with E-state index in [-0.39, 0.29) is 5.95 Å². The lowest BCUT2D eigenvalue weighted by molar-refractivity contribution is 0.288. The van der Waals surface area contributed by atoms with Crippen molar-refractivity contribution in [1.29, 1.82) is 0 Å². The van der Waals surface area contributed by atoms with Crippen LogP contribution >= 0.6 is 0 Å². The number of hydrogen-bond acceptors (Lipinski definition) is 5. The fraction of sp³-hybridized carbons (Fsp3) is 0.600. The number of rotatable bonds is 5. The second kappa shape index (κ2) is 4.33. The van der Waals surface area contributed by atoms with Crippen molar-refractivity contribution >= 4 is 5.95 Å². The first-order chi connectivity index (χ1) is 7.28. The molecule has 1 aromatic rings. The van der Waals surface area contributed by atoms with Gasteiger partial charge in [0.25, 0.3) is 0 Å². The van der Waals surface area contributed by atoms with Gasteiger partial charge < -0.3 is 15.2 Å². The number of nitrogens with two attached hydrogens (primary N) is 1. The van der Waals surface area contributed by atoms with Crippen LogP contribution in [0.15, 0.2) is 6.07 Å². The van der Waals surface area contributed by atoms with E-state index >= 15 is 0 Å². The average molecular weight is 209 g/mol. The highest BCUT2D eigenvalue weighted by Crippen LogP contribution is 2.32. The van der Waals surface area contributed by atoms with Crippen LogP contribution in [0.2, 0.25) is 0 Å². The first-order valence-electron chi connectivity index (χ1n) is 5.09. The predicted octanol–water partition coefficient (Wildman–Crippen LogP) is 1.25. The normalized spacial score (nSPS) is 15.0. The molecule has 0 spiro atoms. The van der Waals surface area contributed by atoms with Crippen LogP contribution in [0, 0.1) is 5.92 Å². The summed E-state index contributed by atoms with van der Waals surface area (Å²) in [5, 5.41) is 0. The molecule has 0 unspecified atom stereocenters. The molecular weight excluding hydrogens is 194 g/mol. The quantitative estimate of drug-likeness (QED) is 0.790. The lowest BCUT2D eigenvalue weighted by Crippen LogP contribution is -2.04. The Labute approximate surface area is 88.6 Å². The summed E-state index contributed by atoms with van der Waals surface area (Å²) in [5.41, 5.74) is 5.50. The largest absolute Gasteiger partial charge is 0.481 e. The SMILES string of the molecule is COc1cc(OCCC2CC2)nc(N)n1. The summed E-state index contributed by atoms with van der Waals surface area (Å²) in [6, 6.07) is 1.64. The van der Waals surface area contributed by atoms with Crippen LogP contribution in [0.4, 0.5) is 5.95 Å².